The molecule has 0 amide bonds. The van der Waals surface area contributed by atoms with E-state index >= 15 is 0 Å². The Kier molecular flexibility index (Phi) is 3.97. The maximum Gasteiger partial charge on any atom is 0.335 e. The summed E-state index contributed by atoms with van der Waals surface area (Å²) in [6.07, 6.45) is 0. The fourth-order valence-corrected chi connectivity index (χ4v) is 2.29. The summed E-state index contributed by atoms with van der Waals surface area (Å²) in [5.74, 6) is -0.123. The van der Waals surface area contributed by atoms with Gasteiger partial charge in [0.1, 0.15) is 11.5 Å². The fraction of sp³-hybridized carbons (Fsp3) is 0.0714. The van der Waals surface area contributed by atoms with Crippen molar-refractivity contribution >= 4 is 16.0 Å². The van der Waals surface area contributed by atoms with Crippen LogP contribution in [0.25, 0.3) is 0 Å². The average molecular weight is 307 g/mol. The molecule has 2 rings (SSSR count). The third-order valence-electron chi connectivity index (χ3n) is 2.82. The van der Waals surface area contributed by atoms with E-state index in [2.05, 4.69) is 0 Å². The fourth-order valence-electron chi connectivity index (χ4n) is 1.77. The number of carbonyl (C=O) groups is 1. The van der Waals surface area contributed by atoms with Crippen molar-refractivity contribution in [3.8, 4) is 11.5 Å². The number of carboxylic acids is 1. The number of aromatic carboxylic acids is 1. The van der Waals surface area contributed by atoms with Crippen LogP contribution in [0.2, 0.25) is 0 Å². The van der Waals surface area contributed by atoms with Gasteiger partial charge in [-0.25, -0.2) is 18.4 Å². The highest BCUT2D eigenvalue weighted by atomic mass is 32.2. The average Bonchev–Trinajstić information content (AvgIpc) is 2.38. The van der Waals surface area contributed by atoms with Gasteiger partial charge >= 0.3 is 5.97 Å². The van der Waals surface area contributed by atoms with E-state index in [0.717, 1.165) is 0 Å². The molecule has 0 atom stereocenters. The van der Waals surface area contributed by atoms with Crippen LogP contribution in [-0.2, 0) is 10.0 Å². The van der Waals surface area contributed by atoms with Crippen LogP contribution in [-0.4, -0.2) is 19.5 Å². The number of nitrogens with two attached hydrogens (primary N) is 1. The molecule has 0 unspecified atom stereocenters. The van der Waals surface area contributed by atoms with Crippen LogP contribution in [0.5, 0.6) is 11.5 Å². The summed E-state index contributed by atoms with van der Waals surface area (Å²) < 4.78 is 27.8. The van der Waals surface area contributed by atoms with Gasteiger partial charge < -0.3 is 9.84 Å². The first kappa shape index (κ1) is 15.0. The van der Waals surface area contributed by atoms with Crippen molar-refractivity contribution in [3.63, 3.8) is 0 Å². The second-order valence-corrected chi connectivity index (χ2v) is 5.96. The Labute approximate surface area is 121 Å². The molecular weight excluding hydrogens is 294 g/mol. The summed E-state index contributed by atoms with van der Waals surface area (Å²) in [7, 11) is -3.74. The minimum absolute atomic E-state index is 0.00717. The smallest absolute Gasteiger partial charge is 0.335 e. The van der Waals surface area contributed by atoms with Crippen LogP contribution < -0.4 is 9.88 Å². The standard InChI is InChI=1S/C14H13NO5S/c1-9-8-11(4-7-13(9)14(16)17)20-10-2-5-12(6-3-10)21(15,18)19/h2-8H,1H3,(H,16,17)(H2,15,18,19). The molecule has 2 aromatic rings. The van der Waals surface area contributed by atoms with Gasteiger partial charge in [-0.3, -0.25) is 0 Å². The third kappa shape index (κ3) is 3.59. The molecule has 0 aliphatic rings. The summed E-state index contributed by atoms with van der Waals surface area (Å²) in [5, 5.41) is 13.9. The van der Waals surface area contributed by atoms with Crippen LogP contribution in [0.1, 0.15) is 15.9 Å². The van der Waals surface area contributed by atoms with Gasteiger partial charge in [0, 0.05) is 0 Å². The summed E-state index contributed by atoms with van der Waals surface area (Å²) >= 11 is 0. The highest BCUT2D eigenvalue weighted by molar-refractivity contribution is 7.89. The topological polar surface area (TPSA) is 107 Å². The molecule has 0 fully saturated rings. The van der Waals surface area contributed by atoms with Gasteiger partial charge in [-0.15, -0.1) is 0 Å². The Morgan fingerprint density at radius 3 is 2.14 bits per heavy atom. The Bertz CT molecular complexity index is 782. The first-order valence-corrected chi connectivity index (χ1v) is 7.46. The number of aryl methyl sites for hydroxylation is 1. The largest absolute Gasteiger partial charge is 0.478 e. The molecule has 7 heteroatoms. The first-order valence-electron chi connectivity index (χ1n) is 5.92. The molecule has 0 heterocycles. The van der Waals surface area contributed by atoms with E-state index in [9.17, 15) is 13.2 Å². The number of benzene rings is 2. The second kappa shape index (κ2) is 5.55. The molecule has 0 saturated heterocycles. The zero-order valence-corrected chi connectivity index (χ0v) is 11.9. The number of primary sulfonamides is 1. The SMILES string of the molecule is Cc1cc(Oc2ccc(S(N)(=O)=O)cc2)ccc1C(=O)O. The van der Waals surface area contributed by atoms with E-state index in [1.807, 2.05) is 0 Å². The molecule has 21 heavy (non-hydrogen) atoms. The Morgan fingerprint density at radius 2 is 1.67 bits per heavy atom. The van der Waals surface area contributed by atoms with Crippen molar-refractivity contribution < 1.29 is 23.1 Å². The lowest BCUT2D eigenvalue weighted by molar-refractivity contribution is 0.0696. The van der Waals surface area contributed by atoms with Gasteiger partial charge in [-0.05, 0) is 55.0 Å². The van der Waals surface area contributed by atoms with Gasteiger partial charge in [0.2, 0.25) is 10.0 Å². The molecule has 0 spiro atoms. The molecule has 3 N–H and O–H groups in total. The van der Waals surface area contributed by atoms with Crippen LogP contribution in [0.4, 0.5) is 0 Å². The quantitative estimate of drug-likeness (QED) is 0.899. The number of hydrogen-bond donors (Lipinski definition) is 2. The predicted octanol–water partition coefficient (Wildman–Crippen LogP) is 2.13. The van der Waals surface area contributed by atoms with Crippen molar-refractivity contribution in [1.82, 2.24) is 0 Å². The molecule has 0 aromatic heterocycles. The van der Waals surface area contributed by atoms with E-state index in [1.165, 1.54) is 36.4 Å². The van der Waals surface area contributed by atoms with Gasteiger partial charge in [0.05, 0.1) is 10.5 Å². The molecule has 0 saturated carbocycles. The van der Waals surface area contributed by atoms with E-state index in [1.54, 1.807) is 13.0 Å². The Hall–Kier alpha value is -2.38. The molecule has 6 nitrogen and oxygen atoms in total. The van der Waals surface area contributed by atoms with E-state index in [-0.39, 0.29) is 10.5 Å². The van der Waals surface area contributed by atoms with Gasteiger partial charge in [0.25, 0.3) is 0 Å². The molecule has 2 aromatic carbocycles. The number of rotatable bonds is 4. The number of carboxylic acid groups (broad SMARTS) is 1. The molecule has 0 aliphatic heterocycles. The minimum Gasteiger partial charge on any atom is -0.478 e. The monoisotopic (exact) mass is 307 g/mol. The lowest BCUT2D eigenvalue weighted by atomic mass is 10.1. The van der Waals surface area contributed by atoms with E-state index in [4.69, 9.17) is 15.0 Å². The summed E-state index contributed by atoms with van der Waals surface area (Å²) in [6.45, 7) is 1.67. The summed E-state index contributed by atoms with van der Waals surface area (Å²) in [4.78, 5) is 10.9. The molecule has 110 valence electrons. The third-order valence-corrected chi connectivity index (χ3v) is 3.75. The van der Waals surface area contributed by atoms with Crippen LogP contribution >= 0.6 is 0 Å². The first-order chi connectivity index (χ1) is 9.77. The molecular formula is C14H13NO5S. The molecule has 0 bridgehead atoms. The van der Waals surface area contributed by atoms with E-state index in [0.29, 0.717) is 17.1 Å². The predicted molar refractivity (Wildman–Crippen MR) is 76.0 cm³/mol. The number of hydrogen-bond acceptors (Lipinski definition) is 4. The highest BCUT2D eigenvalue weighted by Crippen LogP contribution is 2.24. The lowest BCUT2D eigenvalue weighted by Gasteiger charge is -2.08. The van der Waals surface area contributed by atoms with Crippen LogP contribution in [0.3, 0.4) is 0 Å². The van der Waals surface area contributed by atoms with Crippen LogP contribution in [0, 0.1) is 6.92 Å². The Morgan fingerprint density at radius 1 is 1.10 bits per heavy atom. The maximum absolute atomic E-state index is 11.1. The molecule has 0 aliphatic carbocycles. The summed E-state index contributed by atoms with van der Waals surface area (Å²) in [6, 6.07) is 10.2. The van der Waals surface area contributed by atoms with Gasteiger partial charge in [0.15, 0.2) is 0 Å². The normalized spacial score (nSPS) is 11.1. The second-order valence-electron chi connectivity index (χ2n) is 4.40. The lowest BCUT2D eigenvalue weighted by Crippen LogP contribution is -2.11. The zero-order chi connectivity index (χ0) is 15.6. The highest BCUT2D eigenvalue weighted by Gasteiger charge is 2.09. The maximum atomic E-state index is 11.1. The Balaban J connectivity index is 2.23. The van der Waals surface area contributed by atoms with Crippen molar-refractivity contribution in [2.24, 2.45) is 5.14 Å². The minimum atomic E-state index is -3.74. The van der Waals surface area contributed by atoms with Crippen molar-refractivity contribution in [2.45, 2.75) is 11.8 Å². The number of sulfonamides is 1. The van der Waals surface area contributed by atoms with Crippen molar-refractivity contribution in [1.29, 1.82) is 0 Å². The summed E-state index contributed by atoms with van der Waals surface area (Å²) in [5.41, 5.74) is 0.771. The van der Waals surface area contributed by atoms with E-state index < -0.39 is 16.0 Å². The molecule has 0 radical (unpaired) electrons. The van der Waals surface area contributed by atoms with Crippen LogP contribution in [0.15, 0.2) is 47.4 Å². The van der Waals surface area contributed by atoms with Crippen molar-refractivity contribution in [3.05, 3.63) is 53.6 Å². The van der Waals surface area contributed by atoms with Crippen molar-refractivity contribution in [2.75, 3.05) is 0 Å². The zero-order valence-electron chi connectivity index (χ0n) is 11.1. The van der Waals surface area contributed by atoms with Gasteiger partial charge in [-0.1, -0.05) is 0 Å². The van der Waals surface area contributed by atoms with Gasteiger partial charge in [-0.2, -0.15) is 0 Å². The number of ether oxygens (including phenoxy) is 1.